The first-order valence-electron chi connectivity index (χ1n) is 4.49. The van der Waals surface area contributed by atoms with Gasteiger partial charge in [0.05, 0.1) is 5.02 Å². The summed E-state index contributed by atoms with van der Waals surface area (Å²) in [6.07, 6.45) is 5.00. The van der Waals surface area contributed by atoms with Crippen molar-refractivity contribution in [2.45, 2.75) is 0 Å². The lowest BCUT2D eigenvalue weighted by Gasteiger charge is -2.00. The zero-order valence-electron chi connectivity index (χ0n) is 8.11. The molecule has 0 saturated carbocycles. The van der Waals surface area contributed by atoms with Crippen LogP contribution in [0.5, 0.6) is 0 Å². The lowest BCUT2D eigenvalue weighted by Crippen LogP contribution is -2.24. The molecule has 5 heteroatoms. The fraction of sp³-hybridized carbons (Fsp3) is 0.200. The minimum Gasteiger partial charge on any atom is -0.347 e. The van der Waals surface area contributed by atoms with Gasteiger partial charge in [0.25, 0.3) is 5.91 Å². The largest absolute Gasteiger partial charge is 0.347 e. The number of hydrogen-bond acceptors (Lipinski definition) is 3. The van der Waals surface area contributed by atoms with Crippen LogP contribution < -0.4 is 11.1 Å². The van der Waals surface area contributed by atoms with Crippen molar-refractivity contribution in [3.05, 3.63) is 41.2 Å². The number of amides is 1. The van der Waals surface area contributed by atoms with Crippen LogP contribution >= 0.6 is 11.6 Å². The highest BCUT2D eigenvalue weighted by Gasteiger charge is 2.04. The van der Waals surface area contributed by atoms with E-state index in [2.05, 4.69) is 10.3 Å². The van der Waals surface area contributed by atoms with Gasteiger partial charge in [0.2, 0.25) is 0 Å². The van der Waals surface area contributed by atoms with E-state index in [-0.39, 0.29) is 5.91 Å². The summed E-state index contributed by atoms with van der Waals surface area (Å²) < 4.78 is 0. The Morgan fingerprint density at radius 3 is 2.93 bits per heavy atom. The molecule has 0 aliphatic carbocycles. The van der Waals surface area contributed by atoms with Gasteiger partial charge in [0.1, 0.15) is 5.69 Å². The number of carbonyl (C=O) groups is 1. The molecule has 1 aromatic heterocycles. The molecule has 0 unspecified atom stereocenters. The lowest BCUT2D eigenvalue weighted by atomic mass is 10.3. The van der Waals surface area contributed by atoms with Gasteiger partial charge in [-0.05, 0) is 12.1 Å². The Kier molecular flexibility index (Phi) is 4.80. The molecule has 1 heterocycles. The van der Waals surface area contributed by atoms with E-state index in [9.17, 15) is 4.79 Å². The van der Waals surface area contributed by atoms with Crippen LogP contribution in [0, 0.1) is 0 Å². The van der Waals surface area contributed by atoms with Crippen LogP contribution in [0.15, 0.2) is 30.5 Å². The summed E-state index contributed by atoms with van der Waals surface area (Å²) in [5.41, 5.74) is 5.59. The summed E-state index contributed by atoms with van der Waals surface area (Å²) in [5, 5.41) is 3.18. The van der Waals surface area contributed by atoms with Gasteiger partial charge >= 0.3 is 0 Å². The number of hydrogen-bond donors (Lipinski definition) is 2. The third-order valence-electron chi connectivity index (χ3n) is 1.64. The first-order chi connectivity index (χ1) is 7.24. The first-order valence-corrected chi connectivity index (χ1v) is 4.86. The van der Waals surface area contributed by atoms with Crippen LogP contribution in [0.1, 0.15) is 10.5 Å². The number of halogens is 1. The summed E-state index contributed by atoms with van der Waals surface area (Å²) in [7, 11) is 0. The molecule has 1 rings (SSSR count). The Morgan fingerprint density at radius 1 is 1.53 bits per heavy atom. The predicted octanol–water partition coefficient (Wildman–Crippen LogP) is 0.980. The van der Waals surface area contributed by atoms with Crippen LogP contribution in [0.3, 0.4) is 0 Å². The van der Waals surface area contributed by atoms with Crippen LogP contribution in [0.4, 0.5) is 0 Å². The Bertz CT molecular complexity index is 348. The monoisotopic (exact) mass is 225 g/mol. The van der Waals surface area contributed by atoms with Crippen molar-refractivity contribution >= 4 is 17.5 Å². The number of rotatable bonds is 4. The van der Waals surface area contributed by atoms with Crippen molar-refractivity contribution in [2.75, 3.05) is 13.1 Å². The standard InChI is InChI=1S/C10H12ClN3O/c11-8-3-4-9(14-7-8)10(15)13-6-2-1-5-12/h1-4,7H,5-6,12H2,(H,13,15)/b2-1+. The van der Waals surface area contributed by atoms with E-state index in [0.717, 1.165) is 0 Å². The van der Waals surface area contributed by atoms with E-state index in [1.54, 1.807) is 24.3 Å². The second-order valence-corrected chi connectivity index (χ2v) is 3.22. The second-order valence-electron chi connectivity index (χ2n) is 2.78. The quantitative estimate of drug-likeness (QED) is 0.751. The summed E-state index contributed by atoms with van der Waals surface area (Å²) in [4.78, 5) is 15.3. The van der Waals surface area contributed by atoms with Crippen molar-refractivity contribution in [1.82, 2.24) is 10.3 Å². The summed E-state index contributed by atoms with van der Waals surface area (Å²) >= 11 is 5.64. The van der Waals surface area contributed by atoms with E-state index < -0.39 is 0 Å². The molecule has 0 aliphatic heterocycles. The number of nitrogens with zero attached hydrogens (tertiary/aromatic N) is 1. The van der Waals surface area contributed by atoms with Gasteiger partial charge in [-0.1, -0.05) is 23.8 Å². The van der Waals surface area contributed by atoms with E-state index in [4.69, 9.17) is 17.3 Å². The molecule has 3 N–H and O–H groups in total. The van der Waals surface area contributed by atoms with Gasteiger partial charge in [0.15, 0.2) is 0 Å². The lowest BCUT2D eigenvalue weighted by molar-refractivity contribution is 0.0953. The van der Waals surface area contributed by atoms with Crippen molar-refractivity contribution in [2.24, 2.45) is 5.73 Å². The Balaban J connectivity index is 2.47. The molecule has 0 aromatic carbocycles. The van der Waals surface area contributed by atoms with Crippen LogP contribution in [0.2, 0.25) is 5.02 Å². The highest BCUT2D eigenvalue weighted by molar-refractivity contribution is 6.30. The van der Waals surface area contributed by atoms with Gasteiger partial charge in [-0.15, -0.1) is 0 Å². The maximum atomic E-state index is 11.4. The number of carbonyl (C=O) groups excluding carboxylic acids is 1. The Labute approximate surface area is 93.1 Å². The molecule has 0 aliphatic rings. The number of pyridine rings is 1. The highest BCUT2D eigenvalue weighted by atomic mass is 35.5. The Morgan fingerprint density at radius 2 is 2.33 bits per heavy atom. The zero-order chi connectivity index (χ0) is 11.1. The predicted molar refractivity (Wildman–Crippen MR) is 59.8 cm³/mol. The molecule has 1 amide bonds. The van der Waals surface area contributed by atoms with E-state index in [1.807, 2.05) is 0 Å². The molecule has 0 spiro atoms. The molecule has 0 atom stereocenters. The van der Waals surface area contributed by atoms with Crippen LogP contribution in [-0.4, -0.2) is 24.0 Å². The van der Waals surface area contributed by atoms with Crippen molar-refractivity contribution < 1.29 is 4.79 Å². The molecule has 80 valence electrons. The summed E-state index contributed by atoms with van der Waals surface area (Å²) in [6, 6.07) is 3.20. The average molecular weight is 226 g/mol. The van der Waals surface area contributed by atoms with Gasteiger partial charge in [0, 0.05) is 19.3 Å². The fourth-order valence-corrected chi connectivity index (χ4v) is 1.04. The maximum Gasteiger partial charge on any atom is 0.270 e. The summed E-state index contributed by atoms with van der Waals surface area (Å²) in [5.74, 6) is -0.228. The molecular weight excluding hydrogens is 214 g/mol. The second kappa shape index (κ2) is 6.16. The van der Waals surface area contributed by atoms with Crippen LogP contribution in [-0.2, 0) is 0 Å². The van der Waals surface area contributed by atoms with Crippen molar-refractivity contribution in [3.63, 3.8) is 0 Å². The highest BCUT2D eigenvalue weighted by Crippen LogP contribution is 2.05. The van der Waals surface area contributed by atoms with Gasteiger partial charge in [-0.25, -0.2) is 4.98 Å². The molecule has 0 radical (unpaired) electrons. The smallest absolute Gasteiger partial charge is 0.270 e. The topological polar surface area (TPSA) is 68.0 Å². The number of nitrogens with two attached hydrogens (primary N) is 1. The van der Waals surface area contributed by atoms with Crippen molar-refractivity contribution in [3.8, 4) is 0 Å². The van der Waals surface area contributed by atoms with E-state index >= 15 is 0 Å². The third-order valence-corrected chi connectivity index (χ3v) is 1.87. The van der Waals surface area contributed by atoms with E-state index in [0.29, 0.717) is 23.8 Å². The number of aromatic nitrogens is 1. The van der Waals surface area contributed by atoms with E-state index in [1.165, 1.54) is 6.20 Å². The maximum absolute atomic E-state index is 11.4. The van der Waals surface area contributed by atoms with Crippen molar-refractivity contribution in [1.29, 1.82) is 0 Å². The SMILES string of the molecule is NC/C=C/CNC(=O)c1ccc(Cl)cn1. The van der Waals surface area contributed by atoms with Gasteiger partial charge in [-0.2, -0.15) is 0 Å². The molecule has 4 nitrogen and oxygen atoms in total. The molecule has 0 fully saturated rings. The Hall–Kier alpha value is -1.39. The van der Waals surface area contributed by atoms with Gasteiger partial charge < -0.3 is 11.1 Å². The van der Waals surface area contributed by atoms with Crippen LogP contribution in [0.25, 0.3) is 0 Å². The molecular formula is C10H12ClN3O. The first kappa shape index (κ1) is 11.7. The fourth-order valence-electron chi connectivity index (χ4n) is 0.932. The third kappa shape index (κ3) is 4.10. The molecule has 0 saturated heterocycles. The van der Waals surface area contributed by atoms with Gasteiger partial charge in [-0.3, -0.25) is 4.79 Å². The summed E-state index contributed by atoms with van der Waals surface area (Å²) in [6.45, 7) is 0.912. The zero-order valence-corrected chi connectivity index (χ0v) is 8.87. The normalized spacial score (nSPS) is 10.5. The molecule has 15 heavy (non-hydrogen) atoms. The molecule has 0 bridgehead atoms. The molecule has 1 aromatic rings. The minimum atomic E-state index is -0.228. The number of nitrogens with one attached hydrogen (secondary N) is 1. The minimum absolute atomic E-state index is 0.228. The average Bonchev–Trinajstić information content (AvgIpc) is 2.25.